The first-order valence-electron chi connectivity index (χ1n) is 12.3. The molecule has 5 aromatic rings. The van der Waals surface area contributed by atoms with Gasteiger partial charge in [-0.1, -0.05) is 17.4 Å². The Bertz CT molecular complexity index is 1560. The highest BCUT2D eigenvalue weighted by Crippen LogP contribution is 2.38. The fourth-order valence-corrected chi connectivity index (χ4v) is 5.48. The highest BCUT2D eigenvalue weighted by atomic mass is 32.1. The standard InChI is InChI=1S/C27H27FN4O5S/c1-16(28)25-31-32-14-20(30-26(32)38-25)23-13-19-21(11-18(33-2)12-22(19)37-23)36-15-17-5-4-6-24(29-17)27(34-3)7-9-35-10-8-27/h4-6,11-14,16H,7-10,15H2,1-3H3/t16-/m0/s1. The van der Waals surface area contributed by atoms with E-state index in [4.69, 9.17) is 28.3 Å². The first-order valence-corrected chi connectivity index (χ1v) is 13.1. The maximum Gasteiger partial charge on any atom is 0.212 e. The summed E-state index contributed by atoms with van der Waals surface area (Å²) in [5.74, 6) is 1.75. The van der Waals surface area contributed by atoms with E-state index in [-0.39, 0.29) is 6.61 Å². The number of imidazole rings is 1. The second-order valence-electron chi connectivity index (χ2n) is 9.17. The summed E-state index contributed by atoms with van der Waals surface area (Å²) in [6.45, 7) is 2.99. The number of halogens is 1. The molecule has 0 N–H and O–H groups in total. The third-order valence-electron chi connectivity index (χ3n) is 6.80. The molecule has 1 aliphatic heterocycles. The van der Waals surface area contributed by atoms with Crippen molar-refractivity contribution in [3.63, 3.8) is 0 Å². The SMILES string of the molecule is COc1cc(OCc2cccc(C3(OC)CCOCC3)n2)c2cc(-c3cn4nc([C@H](C)F)sc4n3)oc2c1. The van der Waals surface area contributed by atoms with Crippen LogP contribution < -0.4 is 9.47 Å². The molecule has 38 heavy (non-hydrogen) atoms. The molecule has 0 amide bonds. The van der Waals surface area contributed by atoms with Crippen LogP contribution in [0.5, 0.6) is 11.5 Å². The number of pyridine rings is 1. The van der Waals surface area contributed by atoms with E-state index in [1.807, 2.05) is 30.3 Å². The summed E-state index contributed by atoms with van der Waals surface area (Å²) >= 11 is 1.21. The van der Waals surface area contributed by atoms with Gasteiger partial charge in [0.05, 0.1) is 30.1 Å². The van der Waals surface area contributed by atoms with Gasteiger partial charge in [-0.15, -0.1) is 0 Å². The third-order valence-corrected chi connectivity index (χ3v) is 7.88. The lowest BCUT2D eigenvalue weighted by molar-refractivity contribution is -0.0974. The van der Waals surface area contributed by atoms with Gasteiger partial charge in [-0.3, -0.25) is 4.98 Å². The summed E-state index contributed by atoms with van der Waals surface area (Å²) in [5.41, 5.74) is 2.40. The second kappa shape index (κ2) is 9.97. The fourth-order valence-electron chi connectivity index (χ4n) is 4.67. The Labute approximate surface area is 222 Å². The molecule has 1 aliphatic rings. The van der Waals surface area contributed by atoms with Crippen molar-refractivity contribution in [2.75, 3.05) is 27.4 Å². The Balaban J connectivity index is 1.29. The normalized spacial score (nSPS) is 16.2. The van der Waals surface area contributed by atoms with Gasteiger partial charge in [-0.25, -0.2) is 13.9 Å². The van der Waals surface area contributed by atoms with Crippen LogP contribution >= 0.6 is 11.3 Å². The predicted molar refractivity (Wildman–Crippen MR) is 139 cm³/mol. The van der Waals surface area contributed by atoms with E-state index in [1.54, 1.807) is 31.0 Å². The van der Waals surface area contributed by atoms with E-state index >= 15 is 0 Å². The molecule has 5 heterocycles. The van der Waals surface area contributed by atoms with Gasteiger partial charge in [0.15, 0.2) is 16.9 Å². The predicted octanol–water partition coefficient (Wildman–Crippen LogP) is 5.87. The van der Waals surface area contributed by atoms with E-state index in [1.165, 1.54) is 18.3 Å². The van der Waals surface area contributed by atoms with Gasteiger partial charge in [0, 0.05) is 45.3 Å². The molecule has 0 unspecified atom stereocenters. The minimum absolute atomic E-state index is 0.251. The minimum Gasteiger partial charge on any atom is -0.496 e. The molecule has 1 aromatic carbocycles. The molecular formula is C27H27FN4O5S. The van der Waals surface area contributed by atoms with E-state index < -0.39 is 11.8 Å². The molecule has 0 bridgehead atoms. The number of rotatable bonds is 8. The van der Waals surface area contributed by atoms with Gasteiger partial charge in [0.25, 0.3) is 0 Å². The van der Waals surface area contributed by atoms with Crippen LogP contribution in [0.4, 0.5) is 4.39 Å². The van der Waals surface area contributed by atoms with Crippen molar-refractivity contribution in [1.82, 2.24) is 19.6 Å². The first kappa shape index (κ1) is 24.8. The Hall–Kier alpha value is -3.54. The number of aromatic nitrogens is 4. The van der Waals surface area contributed by atoms with Crippen LogP contribution in [0, 0.1) is 0 Å². The summed E-state index contributed by atoms with van der Waals surface area (Å²) in [4.78, 5) is 10.0. The second-order valence-corrected chi connectivity index (χ2v) is 10.2. The Morgan fingerprint density at radius 3 is 2.74 bits per heavy atom. The zero-order valence-corrected chi connectivity index (χ0v) is 22.1. The van der Waals surface area contributed by atoms with Crippen LogP contribution in [0.25, 0.3) is 27.4 Å². The number of methoxy groups -OCH3 is 2. The van der Waals surface area contributed by atoms with Crippen molar-refractivity contribution >= 4 is 27.3 Å². The van der Waals surface area contributed by atoms with Crippen LogP contribution in [0.3, 0.4) is 0 Å². The number of nitrogens with zero attached hydrogens (tertiary/aromatic N) is 4. The Morgan fingerprint density at radius 2 is 2.00 bits per heavy atom. The maximum atomic E-state index is 13.6. The lowest BCUT2D eigenvalue weighted by Gasteiger charge is -2.35. The van der Waals surface area contributed by atoms with Gasteiger partial charge < -0.3 is 23.4 Å². The van der Waals surface area contributed by atoms with Gasteiger partial charge in [0.2, 0.25) is 4.96 Å². The maximum absolute atomic E-state index is 13.6. The largest absolute Gasteiger partial charge is 0.496 e. The van der Waals surface area contributed by atoms with Crippen molar-refractivity contribution in [1.29, 1.82) is 0 Å². The third kappa shape index (κ3) is 4.50. The van der Waals surface area contributed by atoms with Crippen LogP contribution in [0.1, 0.15) is 42.3 Å². The Morgan fingerprint density at radius 1 is 1.16 bits per heavy atom. The topological polar surface area (TPSA) is 93.1 Å². The summed E-state index contributed by atoms with van der Waals surface area (Å²) in [6.07, 6.45) is 2.09. The molecule has 6 rings (SSSR count). The number of alkyl halides is 1. The average Bonchev–Trinajstić information content (AvgIpc) is 3.65. The number of benzene rings is 1. The van der Waals surface area contributed by atoms with Gasteiger partial charge in [-0.05, 0) is 25.1 Å². The molecule has 9 nitrogen and oxygen atoms in total. The lowest BCUT2D eigenvalue weighted by Crippen LogP contribution is -2.36. The van der Waals surface area contributed by atoms with E-state index in [2.05, 4.69) is 10.1 Å². The zero-order chi connectivity index (χ0) is 26.3. The van der Waals surface area contributed by atoms with Crippen LogP contribution in [0.2, 0.25) is 0 Å². The fraction of sp³-hybridized carbons (Fsp3) is 0.370. The summed E-state index contributed by atoms with van der Waals surface area (Å²) in [6, 6.07) is 11.4. The molecular weight excluding hydrogens is 511 g/mol. The summed E-state index contributed by atoms with van der Waals surface area (Å²) in [7, 11) is 3.32. The highest BCUT2D eigenvalue weighted by Gasteiger charge is 2.36. The molecule has 4 aromatic heterocycles. The van der Waals surface area contributed by atoms with Crippen LogP contribution in [-0.4, -0.2) is 47.0 Å². The first-order chi connectivity index (χ1) is 18.5. The molecule has 0 spiro atoms. The molecule has 1 saturated heterocycles. The molecule has 11 heteroatoms. The molecule has 0 aliphatic carbocycles. The number of hydrogen-bond donors (Lipinski definition) is 0. The van der Waals surface area contributed by atoms with Crippen molar-refractivity contribution < 1.29 is 27.8 Å². The number of hydrogen-bond acceptors (Lipinski definition) is 9. The van der Waals surface area contributed by atoms with Crippen molar-refractivity contribution in [3.8, 4) is 23.0 Å². The molecule has 1 fully saturated rings. The molecule has 198 valence electrons. The van der Waals surface area contributed by atoms with Crippen molar-refractivity contribution in [2.24, 2.45) is 0 Å². The van der Waals surface area contributed by atoms with Gasteiger partial charge in [0.1, 0.15) is 35.0 Å². The quantitative estimate of drug-likeness (QED) is 0.242. The Kier molecular flexibility index (Phi) is 6.50. The van der Waals surface area contributed by atoms with Crippen molar-refractivity contribution in [3.05, 3.63) is 59.0 Å². The summed E-state index contributed by atoms with van der Waals surface area (Å²) < 4.78 is 44.5. The van der Waals surface area contributed by atoms with E-state index in [0.717, 1.165) is 29.6 Å². The number of furan rings is 1. The van der Waals surface area contributed by atoms with E-state index in [0.29, 0.717) is 51.7 Å². The van der Waals surface area contributed by atoms with Gasteiger partial charge in [-0.2, -0.15) is 5.10 Å². The average molecular weight is 539 g/mol. The number of ether oxygens (including phenoxy) is 4. The monoisotopic (exact) mass is 538 g/mol. The molecule has 0 radical (unpaired) electrons. The zero-order valence-electron chi connectivity index (χ0n) is 21.3. The highest BCUT2D eigenvalue weighted by molar-refractivity contribution is 7.16. The summed E-state index contributed by atoms with van der Waals surface area (Å²) in [5, 5.41) is 5.42. The minimum atomic E-state index is -1.14. The number of fused-ring (bicyclic) bond motifs is 2. The molecule has 1 atom stereocenters. The smallest absolute Gasteiger partial charge is 0.212 e. The molecule has 0 saturated carbocycles. The van der Waals surface area contributed by atoms with Crippen molar-refractivity contribution in [2.45, 2.75) is 38.1 Å². The van der Waals surface area contributed by atoms with Crippen LogP contribution in [0.15, 0.2) is 47.0 Å². The van der Waals surface area contributed by atoms with E-state index in [9.17, 15) is 4.39 Å². The van der Waals surface area contributed by atoms with Gasteiger partial charge >= 0.3 is 0 Å². The van der Waals surface area contributed by atoms with Crippen LogP contribution in [-0.2, 0) is 21.7 Å². The lowest BCUT2D eigenvalue weighted by atomic mass is 9.90.